The molecule has 0 saturated heterocycles. The summed E-state index contributed by atoms with van der Waals surface area (Å²) in [6.45, 7) is 4.33. The highest BCUT2D eigenvalue weighted by Gasteiger charge is 2.39. The Morgan fingerprint density at radius 1 is 0.846 bits per heavy atom. The van der Waals surface area contributed by atoms with Crippen molar-refractivity contribution in [3.8, 4) is 0 Å². The molecule has 39 heavy (non-hydrogen) atoms. The molecule has 8 nitrogen and oxygen atoms in total. The van der Waals surface area contributed by atoms with E-state index in [1.54, 1.807) is 60.7 Å². The SMILES string of the molecule is CCCCOC(=O)c1ccc(NC(=O)c2ccc(NC3=C(Cl)C(=O)N(c4ccccc4CC)C3=O)cc2)cc1. The minimum Gasteiger partial charge on any atom is -0.462 e. The van der Waals surface area contributed by atoms with Crippen molar-refractivity contribution >= 4 is 52.4 Å². The Morgan fingerprint density at radius 3 is 2.15 bits per heavy atom. The number of halogens is 1. The summed E-state index contributed by atoms with van der Waals surface area (Å²) in [5.74, 6) is -1.90. The molecule has 0 fully saturated rings. The van der Waals surface area contributed by atoms with Crippen LogP contribution in [-0.4, -0.2) is 30.3 Å². The number of aryl methyl sites for hydroxylation is 1. The Hall–Kier alpha value is -4.43. The average molecular weight is 546 g/mol. The zero-order valence-corrected chi connectivity index (χ0v) is 22.4. The van der Waals surface area contributed by atoms with Crippen molar-refractivity contribution in [3.63, 3.8) is 0 Å². The van der Waals surface area contributed by atoms with Gasteiger partial charge in [-0.25, -0.2) is 9.69 Å². The summed E-state index contributed by atoms with van der Waals surface area (Å²) in [4.78, 5) is 51.8. The molecule has 0 spiro atoms. The van der Waals surface area contributed by atoms with Crippen LogP contribution < -0.4 is 15.5 Å². The number of amides is 3. The molecule has 1 aliphatic heterocycles. The van der Waals surface area contributed by atoms with Crippen molar-refractivity contribution < 1.29 is 23.9 Å². The third-order valence-electron chi connectivity index (χ3n) is 6.17. The van der Waals surface area contributed by atoms with Crippen LogP contribution in [0.15, 0.2) is 83.5 Å². The van der Waals surface area contributed by atoms with Gasteiger partial charge >= 0.3 is 5.97 Å². The number of anilines is 3. The minimum absolute atomic E-state index is 0.0296. The molecule has 1 aliphatic rings. The lowest BCUT2D eigenvalue weighted by Crippen LogP contribution is -2.33. The molecule has 1 heterocycles. The van der Waals surface area contributed by atoms with E-state index in [-0.39, 0.29) is 16.6 Å². The van der Waals surface area contributed by atoms with Crippen LogP contribution in [0.25, 0.3) is 0 Å². The van der Waals surface area contributed by atoms with Gasteiger partial charge in [0.1, 0.15) is 10.7 Å². The Morgan fingerprint density at radius 2 is 1.49 bits per heavy atom. The quantitative estimate of drug-likeness (QED) is 0.187. The predicted octanol–water partition coefficient (Wildman–Crippen LogP) is 5.89. The first-order valence-corrected chi connectivity index (χ1v) is 13.0. The molecule has 0 aliphatic carbocycles. The highest BCUT2D eigenvalue weighted by atomic mass is 35.5. The van der Waals surface area contributed by atoms with Gasteiger partial charge in [0, 0.05) is 16.9 Å². The largest absolute Gasteiger partial charge is 0.462 e. The molecule has 200 valence electrons. The summed E-state index contributed by atoms with van der Waals surface area (Å²) < 4.78 is 5.19. The maximum atomic E-state index is 13.1. The molecule has 4 rings (SSSR count). The van der Waals surface area contributed by atoms with Crippen LogP contribution in [0.2, 0.25) is 0 Å². The first-order chi connectivity index (χ1) is 18.8. The minimum atomic E-state index is -0.596. The lowest BCUT2D eigenvalue weighted by atomic mass is 10.1. The van der Waals surface area contributed by atoms with Gasteiger partial charge in [0.05, 0.1) is 17.9 Å². The number of hydrogen-bond donors (Lipinski definition) is 2. The number of carbonyl (C=O) groups is 4. The van der Waals surface area contributed by atoms with Crippen LogP contribution in [0.5, 0.6) is 0 Å². The normalized spacial score (nSPS) is 13.1. The van der Waals surface area contributed by atoms with E-state index < -0.39 is 17.8 Å². The second-order valence-electron chi connectivity index (χ2n) is 8.84. The zero-order chi connectivity index (χ0) is 27.9. The lowest BCUT2D eigenvalue weighted by Gasteiger charge is -2.18. The number of rotatable bonds is 10. The van der Waals surface area contributed by atoms with E-state index >= 15 is 0 Å². The van der Waals surface area contributed by atoms with Crippen LogP contribution >= 0.6 is 11.6 Å². The number of unbranched alkanes of at least 4 members (excludes halogenated alkanes) is 1. The van der Waals surface area contributed by atoms with Gasteiger partial charge in [-0.3, -0.25) is 14.4 Å². The molecule has 2 N–H and O–H groups in total. The number of ether oxygens (including phenoxy) is 1. The highest BCUT2D eigenvalue weighted by Crippen LogP contribution is 2.32. The monoisotopic (exact) mass is 545 g/mol. The Kier molecular flexibility index (Phi) is 8.78. The number of nitrogens with one attached hydrogen (secondary N) is 2. The van der Waals surface area contributed by atoms with Crippen LogP contribution in [0.4, 0.5) is 17.1 Å². The van der Waals surface area contributed by atoms with E-state index in [0.717, 1.165) is 23.3 Å². The molecule has 0 saturated carbocycles. The Balaban J connectivity index is 1.39. The fraction of sp³-hybridized carbons (Fsp3) is 0.200. The fourth-order valence-corrected chi connectivity index (χ4v) is 4.21. The molecule has 9 heteroatoms. The summed E-state index contributed by atoms with van der Waals surface area (Å²) in [6.07, 6.45) is 2.39. The molecule has 0 radical (unpaired) electrons. The smallest absolute Gasteiger partial charge is 0.338 e. The number of carbonyl (C=O) groups excluding carboxylic acids is 4. The van der Waals surface area contributed by atoms with E-state index in [2.05, 4.69) is 10.6 Å². The van der Waals surface area contributed by atoms with Gasteiger partial charge < -0.3 is 15.4 Å². The van der Waals surface area contributed by atoms with Gasteiger partial charge in [0.25, 0.3) is 17.7 Å². The van der Waals surface area contributed by atoms with Crippen molar-refractivity contribution in [2.45, 2.75) is 33.1 Å². The van der Waals surface area contributed by atoms with Crippen LogP contribution in [0, 0.1) is 0 Å². The van der Waals surface area contributed by atoms with Gasteiger partial charge in [-0.1, -0.05) is 50.1 Å². The van der Waals surface area contributed by atoms with Crippen LogP contribution in [0.3, 0.4) is 0 Å². The maximum Gasteiger partial charge on any atom is 0.338 e. The Bertz CT molecular complexity index is 1430. The zero-order valence-electron chi connectivity index (χ0n) is 21.6. The second kappa shape index (κ2) is 12.4. The third-order valence-corrected chi connectivity index (χ3v) is 6.52. The number of nitrogens with zero attached hydrogens (tertiary/aromatic N) is 1. The van der Waals surface area contributed by atoms with Crippen molar-refractivity contribution in [2.75, 3.05) is 22.1 Å². The molecule has 3 aromatic rings. The fourth-order valence-electron chi connectivity index (χ4n) is 3.99. The van der Waals surface area contributed by atoms with Crippen molar-refractivity contribution in [1.82, 2.24) is 0 Å². The molecular weight excluding hydrogens is 518 g/mol. The number of hydrogen-bond acceptors (Lipinski definition) is 6. The van der Waals surface area contributed by atoms with E-state index in [4.69, 9.17) is 16.3 Å². The molecule has 0 unspecified atom stereocenters. The molecule has 0 bridgehead atoms. The molecule has 0 aromatic heterocycles. The highest BCUT2D eigenvalue weighted by molar-refractivity contribution is 6.53. The summed E-state index contributed by atoms with van der Waals surface area (Å²) >= 11 is 6.26. The molecular formula is C30H28ClN3O5. The predicted molar refractivity (Wildman–Crippen MR) is 151 cm³/mol. The number of imide groups is 1. The average Bonchev–Trinajstić information content (AvgIpc) is 3.16. The summed E-state index contributed by atoms with van der Waals surface area (Å²) in [5.41, 5.74) is 3.10. The molecule has 0 atom stereocenters. The molecule has 3 aromatic carbocycles. The summed E-state index contributed by atoms with van der Waals surface area (Å²) in [7, 11) is 0. The maximum absolute atomic E-state index is 13.1. The summed E-state index contributed by atoms with van der Waals surface area (Å²) in [6, 6.07) is 20.0. The first kappa shape index (κ1) is 27.6. The number of benzene rings is 3. The van der Waals surface area contributed by atoms with E-state index in [9.17, 15) is 19.2 Å². The van der Waals surface area contributed by atoms with Gasteiger partial charge in [0.15, 0.2) is 0 Å². The van der Waals surface area contributed by atoms with Crippen LogP contribution in [0.1, 0.15) is 53.0 Å². The topological polar surface area (TPSA) is 105 Å². The van der Waals surface area contributed by atoms with Gasteiger partial charge in [-0.15, -0.1) is 0 Å². The third kappa shape index (κ3) is 6.18. The lowest BCUT2D eigenvalue weighted by molar-refractivity contribution is -0.120. The van der Waals surface area contributed by atoms with Crippen molar-refractivity contribution in [3.05, 3.63) is 100 Å². The Labute approximate surface area is 231 Å². The first-order valence-electron chi connectivity index (χ1n) is 12.7. The second-order valence-corrected chi connectivity index (χ2v) is 9.22. The van der Waals surface area contributed by atoms with Crippen molar-refractivity contribution in [2.24, 2.45) is 0 Å². The van der Waals surface area contributed by atoms with E-state index in [1.807, 2.05) is 26.0 Å². The van der Waals surface area contributed by atoms with E-state index in [1.165, 1.54) is 0 Å². The van der Waals surface area contributed by atoms with Crippen LogP contribution in [-0.2, 0) is 20.7 Å². The standard InChI is InChI=1S/C30H28ClN3O5/c1-3-5-18-39-30(38)21-12-16-23(17-13-21)33-27(35)20-10-14-22(15-11-20)32-26-25(31)28(36)34(29(26)37)24-9-7-6-8-19(24)4-2/h6-17,32H,3-5,18H2,1-2H3,(H,33,35). The molecule has 3 amide bonds. The van der Waals surface area contributed by atoms with Gasteiger partial charge in [-0.05, 0) is 73.0 Å². The van der Waals surface area contributed by atoms with E-state index in [0.29, 0.717) is 41.2 Å². The number of esters is 1. The van der Waals surface area contributed by atoms with Gasteiger partial charge in [0.2, 0.25) is 0 Å². The van der Waals surface area contributed by atoms with Crippen molar-refractivity contribution in [1.29, 1.82) is 0 Å². The number of para-hydroxylation sites is 1. The summed E-state index contributed by atoms with van der Waals surface area (Å²) in [5, 5.41) is 5.49. The van der Waals surface area contributed by atoms with Gasteiger partial charge in [-0.2, -0.15) is 0 Å².